The third-order valence-corrected chi connectivity index (χ3v) is 7.98. The second-order valence-corrected chi connectivity index (χ2v) is 10.9. The van der Waals surface area contributed by atoms with E-state index < -0.39 is 21.9 Å². The van der Waals surface area contributed by atoms with Crippen molar-refractivity contribution in [2.75, 3.05) is 51.3 Å². The highest BCUT2D eigenvalue weighted by Gasteiger charge is 2.32. The molecule has 174 valence electrons. The Labute approximate surface area is 192 Å². The zero-order valence-electron chi connectivity index (χ0n) is 17.6. The lowest BCUT2D eigenvalue weighted by molar-refractivity contribution is -0.135. The molecular weight excluding hydrogens is 465 g/mol. The van der Waals surface area contributed by atoms with Crippen molar-refractivity contribution in [1.82, 2.24) is 14.5 Å². The fourth-order valence-corrected chi connectivity index (χ4v) is 5.78. The van der Waals surface area contributed by atoms with Crippen molar-refractivity contribution in [3.05, 3.63) is 29.0 Å². The number of benzene rings is 1. The van der Waals surface area contributed by atoms with E-state index in [1.165, 1.54) is 11.8 Å². The van der Waals surface area contributed by atoms with Crippen LogP contribution >= 0.6 is 23.4 Å². The molecule has 0 unspecified atom stereocenters. The van der Waals surface area contributed by atoms with Crippen LogP contribution in [0.25, 0.3) is 0 Å². The first-order valence-corrected chi connectivity index (χ1v) is 13.6. The van der Waals surface area contributed by atoms with Crippen molar-refractivity contribution in [3.63, 3.8) is 0 Å². The minimum atomic E-state index is -4.02. The van der Waals surface area contributed by atoms with E-state index in [1.54, 1.807) is 4.90 Å². The largest absolute Gasteiger partial charge is 0.377 e. The maximum absolute atomic E-state index is 13.4. The number of hydrogen-bond donors (Lipinski definition) is 1. The number of sulfonamides is 1. The van der Waals surface area contributed by atoms with Crippen LogP contribution in [0.1, 0.15) is 19.3 Å². The summed E-state index contributed by atoms with van der Waals surface area (Å²) < 4.78 is 47.2. The van der Waals surface area contributed by atoms with Gasteiger partial charge in [-0.15, -0.1) is 0 Å². The normalized spacial score (nSPS) is 21.4. The second kappa shape index (κ2) is 11.3. The molecule has 2 aliphatic rings. The molecule has 11 heteroatoms. The Hall–Kier alpha value is -0.910. The Morgan fingerprint density at radius 2 is 2.10 bits per heavy atom. The van der Waals surface area contributed by atoms with Gasteiger partial charge < -0.3 is 9.64 Å². The summed E-state index contributed by atoms with van der Waals surface area (Å²) in [4.78, 5) is 17.0. The summed E-state index contributed by atoms with van der Waals surface area (Å²) in [7, 11) is -4.02. The fraction of sp³-hybridized carbons (Fsp3) is 0.650. The van der Waals surface area contributed by atoms with Crippen molar-refractivity contribution in [2.24, 2.45) is 0 Å². The first-order chi connectivity index (χ1) is 14.8. The number of nitrogens with zero attached hydrogens (tertiary/aromatic N) is 2. The van der Waals surface area contributed by atoms with Crippen molar-refractivity contribution < 1.29 is 22.3 Å². The van der Waals surface area contributed by atoms with Gasteiger partial charge in [-0.05, 0) is 49.5 Å². The zero-order valence-corrected chi connectivity index (χ0v) is 19.9. The molecular formula is C20H29ClFN3O4S2. The summed E-state index contributed by atoms with van der Waals surface area (Å²) in [6, 6.07) is 2.32. The monoisotopic (exact) mass is 493 g/mol. The molecule has 0 radical (unpaired) electrons. The summed E-state index contributed by atoms with van der Waals surface area (Å²) in [5.74, 6) is -0.304. The molecule has 2 aliphatic heterocycles. The van der Waals surface area contributed by atoms with Gasteiger partial charge in [0.1, 0.15) is 11.9 Å². The summed E-state index contributed by atoms with van der Waals surface area (Å²) in [6.07, 6.45) is 4.71. The number of ether oxygens (including phenoxy) is 1. The van der Waals surface area contributed by atoms with Crippen molar-refractivity contribution in [2.45, 2.75) is 36.3 Å². The van der Waals surface area contributed by atoms with Gasteiger partial charge in [-0.2, -0.15) is 16.5 Å². The van der Waals surface area contributed by atoms with Crippen molar-refractivity contribution >= 4 is 39.3 Å². The highest BCUT2D eigenvalue weighted by Crippen LogP contribution is 2.21. The van der Waals surface area contributed by atoms with Gasteiger partial charge in [0.25, 0.3) is 0 Å². The molecule has 7 nitrogen and oxygen atoms in total. The number of amides is 1. The quantitative estimate of drug-likeness (QED) is 0.568. The first-order valence-electron chi connectivity index (χ1n) is 10.4. The topological polar surface area (TPSA) is 79.0 Å². The van der Waals surface area contributed by atoms with Crippen LogP contribution in [-0.2, 0) is 19.6 Å². The van der Waals surface area contributed by atoms with Crippen molar-refractivity contribution in [3.8, 4) is 0 Å². The lowest BCUT2D eigenvalue weighted by atomic mass is 10.1. The van der Waals surface area contributed by atoms with Gasteiger partial charge >= 0.3 is 0 Å². The maximum Gasteiger partial charge on any atom is 0.241 e. The molecule has 1 N–H and O–H groups in total. The molecule has 31 heavy (non-hydrogen) atoms. The Kier molecular flexibility index (Phi) is 9.01. The number of halogens is 2. The van der Waals surface area contributed by atoms with E-state index >= 15 is 0 Å². The molecule has 1 amide bonds. The molecule has 2 saturated heterocycles. The van der Waals surface area contributed by atoms with Gasteiger partial charge in [0.2, 0.25) is 15.9 Å². The van der Waals surface area contributed by atoms with E-state index in [2.05, 4.69) is 9.62 Å². The van der Waals surface area contributed by atoms with Gasteiger partial charge in [0.15, 0.2) is 0 Å². The summed E-state index contributed by atoms with van der Waals surface area (Å²) in [6.45, 7) is 4.26. The molecule has 0 bridgehead atoms. The smallest absolute Gasteiger partial charge is 0.241 e. The molecule has 0 saturated carbocycles. The van der Waals surface area contributed by atoms with Gasteiger partial charge in [-0.25, -0.2) is 12.8 Å². The molecule has 0 aliphatic carbocycles. The summed E-state index contributed by atoms with van der Waals surface area (Å²) in [5, 5.41) is -0.280. The lowest BCUT2D eigenvalue weighted by Gasteiger charge is -2.37. The van der Waals surface area contributed by atoms with Crippen molar-refractivity contribution in [1.29, 1.82) is 0 Å². The number of thioether (sulfide) groups is 1. The predicted molar refractivity (Wildman–Crippen MR) is 121 cm³/mol. The molecule has 1 aromatic rings. The van der Waals surface area contributed by atoms with Crippen LogP contribution in [0.2, 0.25) is 5.02 Å². The minimum Gasteiger partial charge on any atom is -0.377 e. The van der Waals surface area contributed by atoms with E-state index in [1.807, 2.05) is 6.26 Å². The highest BCUT2D eigenvalue weighted by atomic mass is 35.5. The highest BCUT2D eigenvalue weighted by molar-refractivity contribution is 7.98. The molecule has 0 spiro atoms. The number of carbonyl (C=O) groups excluding carboxylic acids is 1. The summed E-state index contributed by atoms with van der Waals surface area (Å²) in [5.41, 5.74) is 0. The maximum atomic E-state index is 13.4. The zero-order chi connectivity index (χ0) is 22.4. The third-order valence-electron chi connectivity index (χ3n) is 5.58. The Bertz CT molecular complexity index is 860. The van der Waals surface area contributed by atoms with Crippen LogP contribution in [0.5, 0.6) is 0 Å². The Balaban J connectivity index is 1.62. The van der Waals surface area contributed by atoms with Gasteiger partial charge in [0.05, 0.1) is 16.0 Å². The summed E-state index contributed by atoms with van der Waals surface area (Å²) >= 11 is 7.28. The standard InChI is InChI=1S/C20H29ClFN3O4S2/c1-30-12-6-19(23-31(27,28)16-4-5-18(22)17(21)13-16)20(26)25-9-7-24(8-10-25)14-15-3-2-11-29-15/h4-5,13,15,19,23H,2-3,6-12,14H2,1H3/t15-,19-/m0/s1. The SMILES string of the molecule is CSCC[C@H](NS(=O)(=O)c1ccc(F)c(Cl)c1)C(=O)N1CCN(C[C@@H]2CCCO2)CC1. The van der Waals surface area contributed by atoms with E-state index in [9.17, 15) is 17.6 Å². The number of carbonyl (C=O) groups is 1. The molecule has 2 fully saturated rings. The second-order valence-electron chi connectivity index (χ2n) is 7.79. The van der Waals surface area contributed by atoms with E-state index in [-0.39, 0.29) is 21.9 Å². The lowest BCUT2D eigenvalue weighted by Crippen LogP contribution is -2.55. The molecule has 1 aromatic carbocycles. The van der Waals surface area contributed by atoms with Gasteiger partial charge in [-0.1, -0.05) is 11.6 Å². The Morgan fingerprint density at radius 1 is 1.35 bits per heavy atom. The molecule has 2 atom stereocenters. The van der Waals surface area contributed by atoms with Crippen LogP contribution in [0, 0.1) is 5.82 Å². The van der Waals surface area contributed by atoms with Gasteiger partial charge in [0, 0.05) is 39.3 Å². The van der Waals surface area contributed by atoms with E-state index in [0.29, 0.717) is 25.3 Å². The Morgan fingerprint density at radius 3 is 2.71 bits per heavy atom. The number of hydrogen-bond acceptors (Lipinski definition) is 6. The molecule has 0 aromatic heterocycles. The van der Waals surface area contributed by atoms with Crippen LogP contribution in [0.3, 0.4) is 0 Å². The third kappa shape index (κ3) is 6.79. The number of piperazine rings is 1. The average molecular weight is 494 g/mol. The van der Waals surface area contributed by atoms with Crippen LogP contribution < -0.4 is 4.72 Å². The number of rotatable bonds is 9. The predicted octanol–water partition coefficient (Wildman–Crippen LogP) is 2.20. The van der Waals surface area contributed by atoms with Crippen LogP contribution in [0.15, 0.2) is 23.1 Å². The van der Waals surface area contributed by atoms with E-state index in [0.717, 1.165) is 57.3 Å². The minimum absolute atomic E-state index is 0.165. The first kappa shape index (κ1) is 24.7. The number of nitrogens with one attached hydrogen (secondary N) is 1. The van der Waals surface area contributed by atoms with Crippen LogP contribution in [0.4, 0.5) is 4.39 Å². The average Bonchev–Trinajstić information content (AvgIpc) is 3.26. The van der Waals surface area contributed by atoms with E-state index in [4.69, 9.17) is 16.3 Å². The molecule has 3 rings (SSSR count). The van der Waals surface area contributed by atoms with Gasteiger partial charge in [-0.3, -0.25) is 9.69 Å². The van der Waals surface area contributed by atoms with Crippen LogP contribution in [-0.4, -0.2) is 87.6 Å². The fourth-order valence-electron chi connectivity index (χ4n) is 3.82. The molecule has 2 heterocycles.